The Balaban J connectivity index is 1.37. The molecule has 0 aliphatic heterocycles. The molecular formula is C20H25ClN2O4. The molecule has 0 spiro atoms. The Morgan fingerprint density at radius 3 is 2.67 bits per heavy atom. The lowest BCUT2D eigenvalue weighted by atomic mass is 9.86. The first-order valence-electron chi connectivity index (χ1n) is 9.36. The van der Waals surface area contributed by atoms with Gasteiger partial charge in [0, 0.05) is 13.5 Å². The average Bonchev–Trinajstić information content (AvgIpc) is 3.24. The van der Waals surface area contributed by atoms with Crippen LogP contribution in [0.5, 0.6) is 0 Å². The van der Waals surface area contributed by atoms with Crippen LogP contribution in [0, 0.1) is 17.8 Å². The number of para-hydroxylation sites is 1. The van der Waals surface area contributed by atoms with Gasteiger partial charge in [0.25, 0.3) is 5.91 Å². The summed E-state index contributed by atoms with van der Waals surface area (Å²) < 4.78 is 5.13. The van der Waals surface area contributed by atoms with E-state index in [-0.39, 0.29) is 25.0 Å². The van der Waals surface area contributed by atoms with Crippen LogP contribution in [0.1, 0.15) is 32.1 Å². The van der Waals surface area contributed by atoms with Crippen LogP contribution in [0.2, 0.25) is 5.02 Å². The number of carbonyl (C=O) groups is 3. The highest BCUT2D eigenvalue weighted by Crippen LogP contribution is 2.49. The third kappa shape index (κ3) is 5.22. The van der Waals surface area contributed by atoms with Crippen LogP contribution in [0.15, 0.2) is 24.3 Å². The molecule has 2 amide bonds. The Labute approximate surface area is 164 Å². The molecule has 3 atom stereocenters. The predicted molar refractivity (Wildman–Crippen MR) is 102 cm³/mol. The number of hydrogen-bond acceptors (Lipinski definition) is 4. The van der Waals surface area contributed by atoms with Crippen LogP contribution >= 0.6 is 11.6 Å². The van der Waals surface area contributed by atoms with Gasteiger partial charge in [0.1, 0.15) is 0 Å². The maximum atomic E-state index is 12.1. The fourth-order valence-corrected chi connectivity index (χ4v) is 4.39. The molecule has 2 saturated carbocycles. The van der Waals surface area contributed by atoms with Gasteiger partial charge in [-0.1, -0.05) is 30.2 Å². The van der Waals surface area contributed by atoms with Crippen molar-refractivity contribution in [3.05, 3.63) is 29.3 Å². The first-order valence-corrected chi connectivity index (χ1v) is 9.74. The van der Waals surface area contributed by atoms with Gasteiger partial charge in [-0.2, -0.15) is 0 Å². The first kappa shape index (κ1) is 19.7. The maximum absolute atomic E-state index is 12.1. The molecule has 0 saturated heterocycles. The lowest BCUT2D eigenvalue weighted by Gasteiger charge is -2.21. The summed E-state index contributed by atoms with van der Waals surface area (Å²) in [6.07, 6.45) is 5.24. The lowest BCUT2D eigenvalue weighted by Crippen LogP contribution is -2.37. The summed E-state index contributed by atoms with van der Waals surface area (Å²) >= 11 is 5.99. The lowest BCUT2D eigenvalue weighted by molar-refractivity contribution is -0.152. The highest BCUT2D eigenvalue weighted by atomic mass is 35.5. The van der Waals surface area contributed by atoms with Crippen LogP contribution in [0.25, 0.3) is 0 Å². The zero-order valence-electron chi connectivity index (χ0n) is 15.4. The zero-order chi connectivity index (χ0) is 19.4. The van der Waals surface area contributed by atoms with E-state index in [1.165, 1.54) is 31.2 Å². The molecule has 0 heterocycles. The monoisotopic (exact) mass is 392 g/mol. The molecule has 2 fully saturated rings. The predicted octanol–water partition coefficient (Wildman–Crippen LogP) is 3.11. The second-order valence-corrected chi connectivity index (χ2v) is 7.98. The van der Waals surface area contributed by atoms with Crippen molar-refractivity contribution in [1.29, 1.82) is 0 Å². The van der Waals surface area contributed by atoms with Crippen LogP contribution in [0.4, 0.5) is 5.69 Å². The summed E-state index contributed by atoms with van der Waals surface area (Å²) in [7, 11) is 1.50. The number of likely N-dealkylation sites (N-methyl/N-ethyl adjacent to an activating group) is 1. The van der Waals surface area contributed by atoms with E-state index in [0.717, 1.165) is 12.3 Å². The number of fused-ring (bicyclic) bond motifs is 2. The molecular weight excluding hydrogens is 368 g/mol. The van der Waals surface area contributed by atoms with Crippen molar-refractivity contribution in [2.24, 2.45) is 17.8 Å². The Hall–Kier alpha value is -2.08. The molecule has 3 rings (SSSR count). The van der Waals surface area contributed by atoms with Crippen LogP contribution in [0.3, 0.4) is 0 Å². The van der Waals surface area contributed by atoms with E-state index in [2.05, 4.69) is 5.32 Å². The molecule has 6 nitrogen and oxygen atoms in total. The van der Waals surface area contributed by atoms with Gasteiger partial charge in [0.15, 0.2) is 6.61 Å². The molecule has 2 bridgehead atoms. The number of benzene rings is 1. The summed E-state index contributed by atoms with van der Waals surface area (Å²) in [6.45, 7) is -0.483. The Kier molecular flexibility index (Phi) is 6.37. The van der Waals surface area contributed by atoms with Crippen molar-refractivity contribution < 1.29 is 19.1 Å². The molecule has 2 aliphatic carbocycles. The van der Waals surface area contributed by atoms with E-state index in [1.807, 2.05) is 0 Å². The van der Waals surface area contributed by atoms with Crippen molar-refractivity contribution in [1.82, 2.24) is 4.90 Å². The largest absolute Gasteiger partial charge is 0.456 e. The Morgan fingerprint density at radius 1 is 1.22 bits per heavy atom. The summed E-state index contributed by atoms with van der Waals surface area (Å²) in [5.41, 5.74) is 0.488. The third-order valence-electron chi connectivity index (χ3n) is 5.62. The van der Waals surface area contributed by atoms with E-state index in [9.17, 15) is 14.4 Å². The molecule has 2 aliphatic rings. The van der Waals surface area contributed by atoms with E-state index >= 15 is 0 Å². The highest BCUT2D eigenvalue weighted by Gasteiger charge is 2.40. The maximum Gasteiger partial charge on any atom is 0.306 e. The molecule has 7 heteroatoms. The van der Waals surface area contributed by atoms with Gasteiger partial charge in [0.05, 0.1) is 17.3 Å². The van der Waals surface area contributed by atoms with Gasteiger partial charge in [-0.3, -0.25) is 14.4 Å². The topological polar surface area (TPSA) is 75.7 Å². The number of nitrogens with zero attached hydrogens (tertiary/aromatic N) is 1. The van der Waals surface area contributed by atoms with Crippen LogP contribution in [-0.4, -0.2) is 42.9 Å². The number of esters is 1. The van der Waals surface area contributed by atoms with Gasteiger partial charge in [0.2, 0.25) is 5.91 Å². The molecule has 27 heavy (non-hydrogen) atoms. The zero-order valence-corrected chi connectivity index (χ0v) is 16.2. The fourth-order valence-electron chi connectivity index (χ4n) is 4.21. The third-order valence-corrected chi connectivity index (χ3v) is 5.95. The van der Waals surface area contributed by atoms with Crippen molar-refractivity contribution in [2.75, 3.05) is 25.5 Å². The second-order valence-electron chi connectivity index (χ2n) is 7.58. The van der Waals surface area contributed by atoms with Gasteiger partial charge < -0.3 is 15.0 Å². The number of ether oxygens (including phenoxy) is 1. The minimum Gasteiger partial charge on any atom is -0.456 e. The number of halogens is 1. The van der Waals surface area contributed by atoms with Gasteiger partial charge in [-0.25, -0.2) is 0 Å². The van der Waals surface area contributed by atoms with Crippen molar-refractivity contribution in [3.8, 4) is 0 Å². The Bertz CT molecular complexity index is 724. The molecule has 0 radical (unpaired) electrons. The SMILES string of the molecule is CN(CC(=O)Nc1ccccc1Cl)C(=O)COC(=O)C[C@H]1C[C@@H]2CC[C@@H]1C2. The quantitative estimate of drug-likeness (QED) is 0.723. The molecule has 146 valence electrons. The van der Waals surface area contributed by atoms with Gasteiger partial charge >= 0.3 is 5.97 Å². The highest BCUT2D eigenvalue weighted by molar-refractivity contribution is 6.33. The number of anilines is 1. The fraction of sp³-hybridized carbons (Fsp3) is 0.550. The standard InChI is InChI=1S/C20H25ClN2O4/c1-23(11-18(24)22-17-5-3-2-4-16(17)21)19(25)12-27-20(26)10-15-9-13-6-7-14(15)8-13/h2-5,13-15H,6-12H2,1H3,(H,22,24)/t13-,14-,15-/m1/s1. The number of hydrogen-bond donors (Lipinski definition) is 1. The first-order chi connectivity index (χ1) is 12.9. The minimum absolute atomic E-state index is 0.145. The molecule has 0 unspecified atom stereocenters. The van der Waals surface area contributed by atoms with E-state index in [4.69, 9.17) is 16.3 Å². The summed E-state index contributed by atoms with van der Waals surface area (Å²) in [5, 5.41) is 3.08. The number of nitrogens with one attached hydrogen (secondary N) is 1. The van der Waals surface area contributed by atoms with Gasteiger partial charge in [-0.15, -0.1) is 0 Å². The number of carbonyl (C=O) groups excluding carboxylic acids is 3. The molecule has 1 aromatic carbocycles. The molecule has 1 aromatic rings. The van der Waals surface area contributed by atoms with Crippen LogP contribution in [-0.2, 0) is 19.1 Å². The number of amides is 2. The summed E-state index contributed by atoms with van der Waals surface area (Å²) in [6, 6.07) is 6.87. The van der Waals surface area contributed by atoms with Crippen molar-refractivity contribution >= 4 is 35.1 Å². The molecule has 1 N–H and O–H groups in total. The Morgan fingerprint density at radius 2 is 2.00 bits per heavy atom. The molecule has 0 aromatic heterocycles. The van der Waals surface area contributed by atoms with Crippen LogP contribution < -0.4 is 5.32 Å². The normalized spacial score (nSPS) is 23.1. The van der Waals surface area contributed by atoms with E-state index in [0.29, 0.717) is 29.0 Å². The smallest absolute Gasteiger partial charge is 0.306 e. The second kappa shape index (κ2) is 8.74. The summed E-state index contributed by atoms with van der Waals surface area (Å²) in [4.78, 5) is 37.4. The van der Waals surface area contributed by atoms with Crippen molar-refractivity contribution in [3.63, 3.8) is 0 Å². The average molecular weight is 393 g/mol. The van der Waals surface area contributed by atoms with E-state index < -0.39 is 5.91 Å². The van der Waals surface area contributed by atoms with Crippen molar-refractivity contribution in [2.45, 2.75) is 32.1 Å². The number of rotatable bonds is 7. The minimum atomic E-state index is -0.411. The van der Waals surface area contributed by atoms with E-state index in [1.54, 1.807) is 24.3 Å². The van der Waals surface area contributed by atoms with Gasteiger partial charge in [-0.05, 0) is 49.1 Å². The summed E-state index contributed by atoms with van der Waals surface area (Å²) in [5.74, 6) is 0.727.